The largest absolute Gasteiger partial charge is 0.494 e. The fourth-order valence-electron chi connectivity index (χ4n) is 6.48. The number of fused-ring (bicyclic) bond motifs is 2. The van der Waals surface area contributed by atoms with Gasteiger partial charge >= 0.3 is 5.97 Å². The van der Waals surface area contributed by atoms with Gasteiger partial charge in [-0.25, -0.2) is 0 Å². The number of aliphatic carboxylic acids is 1. The van der Waals surface area contributed by atoms with Crippen molar-refractivity contribution in [1.29, 1.82) is 0 Å². The van der Waals surface area contributed by atoms with Gasteiger partial charge < -0.3 is 9.84 Å². The lowest BCUT2D eigenvalue weighted by Gasteiger charge is -2.31. The van der Waals surface area contributed by atoms with Gasteiger partial charge in [-0.15, -0.1) is 0 Å². The van der Waals surface area contributed by atoms with Crippen molar-refractivity contribution in [2.24, 2.45) is 11.8 Å². The number of imide groups is 1. The first kappa shape index (κ1) is 28.4. The molecule has 0 bridgehead atoms. The molecule has 7 heteroatoms. The number of carbonyl (C=O) groups excluding carboxylic acids is 2. The Balaban J connectivity index is 1.37. The molecule has 2 saturated heterocycles. The van der Waals surface area contributed by atoms with Crippen LogP contribution in [-0.4, -0.2) is 46.5 Å². The molecule has 218 valence electrons. The van der Waals surface area contributed by atoms with E-state index >= 15 is 0 Å². The van der Waals surface area contributed by atoms with Gasteiger partial charge in [0.2, 0.25) is 11.8 Å². The van der Waals surface area contributed by atoms with Gasteiger partial charge in [0.15, 0.2) is 0 Å². The van der Waals surface area contributed by atoms with E-state index < -0.39 is 35.3 Å². The number of carboxylic acid groups (broad SMARTS) is 1. The molecule has 0 radical (unpaired) electrons. The number of carboxylic acids is 1. The third kappa shape index (κ3) is 5.32. The normalized spacial score (nSPS) is 23.3. The molecule has 4 aromatic carbocycles. The van der Waals surface area contributed by atoms with Crippen LogP contribution in [0.25, 0.3) is 16.8 Å². The number of rotatable bonds is 10. The van der Waals surface area contributed by atoms with Crippen LogP contribution in [-0.2, 0) is 20.8 Å². The highest BCUT2D eigenvalue weighted by Gasteiger charge is 2.68. The van der Waals surface area contributed by atoms with Gasteiger partial charge in [0.05, 0.1) is 18.4 Å². The molecule has 0 aliphatic carbocycles. The Hall–Kier alpha value is -4.75. The van der Waals surface area contributed by atoms with Gasteiger partial charge in [-0.05, 0) is 46.0 Å². The van der Waals surface area contributed by atoms with E-state index in [9.17, 15) is 19.5 Å². The monoisotopic (exact) mass is 574 g/mol. The number of ether oxygens (including phenoxy) is 1. The average molecular weight is 575 g/mol. The minimum absolute atomic E-state index is 0.0508. The molecule has 2 amide bonds. The molecule has 2 aliphatic heterocycles. The highest BCUT2D eigenvalue weighted by molar-refractivity contribution is 6.09. The smallest absolute Gasteiger partial charge is 0.325 e. The zero-order valence-electron chi connectivity index (χ0n) is 24.0. The maximum Gasteiger partial charge on any atom is 0.325 e. The van der Waals surface area contributed by atoms with E-state index in [2.05, 4.69) is 5.32 Å². The van der Waals surface area contributed by atoms with Crippen LogP contribution in [0.1, 0.15) is 36.1 Å². The minimum Gasteiger partial charge on any atom is -0.494 e. The standard InChI is InChI=1S/C36H34N2O5/c1-2-21-43-29-18-16-27(17-19-29)32-30-31(34(40)38(33(30)39)20-8-11-24-9-4-3-5-10-24)36(37-32,35(41)42)23-25-14-15-26-12-6-7-13-28(26)22-25/h3-19,22,30-32,37H,2,20-21,23H2,1H3,(H,41,42)/b11-8-. The third-order valence-corrected chi connectivity index (χ3v) is 8.53. The van der Waals surface area contributed by atoms with Crippen LogP contribution >= 0.6 is 0 Å². The predicted molar refractivity (Wildman–Crippen MR) is 165 cm³/mol. The summed E-state index contributed by atoms with van der Waals surface area (Å²) in [5.74, 6) is -3.22. The molecule has 0 aromatic heterocycles. The van der Waals surface area contributed by atoms with Crippen LogP contribution in [0, 0.1) is 11.8 Å². The molecule has 2 fully saturated rings. The second-order valence-electron chi connectivity index (χ2n) is 11.3. The van der Waals surface area contributed by atoms with Crippen molar-refractivity contribution in [3.8, 4) is 5.75 Å². The lowest BCUT2D eigenvalue weighted by molar-refractivity contribution is -0.151. The Morgan fingerprint density at radius 3 is 2.37 bits per heavy atom. The van der Waals surface area contributed by atoms with Crippen LogP contribution in [0.3, 0.4) is 0 Å². The summed E-state index contributed by atoms with van der Waals surface area (Å²) in [6, 6.07) is 30.0. The van der Waals surface area contributed by atoms with Crippen LogP contribution in [0.15, 0.2) is 103 Å². The molecule has 2 heterocycles. The molecule has 0 spiro atoms. The highest BCUT2D eigenvalue weighted by atomic mass is 16.5. The van der Waals surface area contributed by atoms with Gasteiger partial charge in [0.25, 0.3) is 0 Å². The average Bonchev–Trinajstić information content (AvgIpc) is 3.50. The summed E-state index contributed by atoms with van der Waals surface area (Å²) >= 11 is 0. The zero-order valence-corrected chi connectivity index (χ0v) is 24.0. The number of hydrogen-bond acceptors (Lipinski definition) is 5. The van der Waals surface area contributed by atoms with Crippen molar-refractivity contribution >= 4 is 34.6 Å². The summed E-state index contributed by atoms with van der Waals surface area (Å²) in [7, 11) is 0. The number of hydrogen-bond donors (Lipinski definition) is 2. The number of benzene rings is 4. The van der Waals surface area contributed by atoms with Crippen LogP contribution in [0.5, 0.6) is 5.75 Å². The number of likely N-dealkylation sites (tertiary alicyclic amines) is 1. The van der Waals surface area contributed by atoms with Gasteiger partial charge in [0.1, 0.15) is 11.3 Å². The van der Waals surface area contributed by atoms with Crippen molar-refractivity contribution in [2.75, 3.05) is 13.2 Å². The van der Waals surface area contributed by atoms with Crippen LogP contribution < -0.4 is 10.1 Å². The lowest BCUT2D eigenvalue weighted by Crippen LogP contribution is -2.57. The number of nitrogens with zero attached hydrogens (tertiary/aromatic N) is 1. The van der Waals surface area contributed by atoms with Crippen molar-refractivity contribution in [3.63, 3.8) is 0 Å². The first-order valence-corrected chi connectivity index (χ1v) is 14.7. The quantitative estimate of drug-likeness (QED) is 0.238. The van der Waals surface area contributed by atoms with Gasteiger partial charge in [-0.3, -0.25) is 24.6 Å². The van der Waals surface area contributed by atoms with E-state index in [4.69, 9.17) is 4.74 Å². The molecule has 7 nitrogen and oxygen atoms in total. The van der Waals surface area contributed by atoms with Gasteiger partial charge in [0, 0.05) is 19.0 Å². The summed E-state index contributed by atoms with van der Waals surface area (Å²) in [6.45, 7) is 2.68. The summed E-state index contributed by atoms with van der Waals surface area (Å²) < 4.78 is 5.74. The Kier molecular flexibility index (Phi) is 7.82. The zero-order chi connectivity index (χ0) is 30.0. The highest BCUT2D eigenvalue weighted by Crippen LogP contribution is 2.50. The minimum atomic E-state index is -1.68. The van der Waals surface area contributed by atoms with E-state index in [-0.39, 0.29) is 18.9 Å². The lowest BCUT2D eigenvalue weighted by atomic mass is 9.76. The number of amides is 2. The number of carbonyl (C=O) groups is 3. The maximum atomic E-state index is 14.1. The van der Waals surface area contributed by atoms with E-state index in [1.54, 1.807) is 6.08 Å². The van der Waals surface area contributed by atoms with E-state index in [0.717, 1.165) is 33.9 Å². The molecule has 4 unspecified atom stereocenters. The summed E-state index contributed by atoms with van der Waals surface area (Å²) in [6.07, 6.45) is 4.56. The van der Waals surface area contributed by atoms with Gasteiger partial charge in [-0.1, -0.05) is 104 Å². The topological polar surface area (TPSA) is 95.9 Å². The number of nitrogens with one attached hydrogen (secondary N) is 1. The van der Waals surface area contributed by atoms with Crippen LogP contribution in [0.4, 0.5) is 0 Å². The summed E-state index contributed by atoms with van der Waals surface area (Å²) in [5.41, 5.74) is 0.782. The second-order valence-corrected chi connectivity index (χ2v) is 11.3. The molecular weight excluding hydrogens is 540 g/mol. The Labute approximate surface area is 250 Å². The van der Waals surface area contributed by atoms with Crippen molar-refractivity contribution < 1.29 is 24.2 Å². The second kappa shape index (κ2) is 11.9. The molecule has 2 aliphatic rings. The fraction of sp³-hybridized carbons (Fsp3) is 0.250. The van der Waals surface area contributed by atoms with Gasteiger partial charge in [-0.2, -0.15) is 0 Å². The molecule has 43 heavy (non-hydrogen) atoms. The first-order chi connectivity index (χ1) is 20.9. The van der Waals surface area contributed by atoms with Crippen molar-refractivity contribution in [3.05, 3.63) is 120 Å². The van der Waals surface area contributed by atoms with Crippen LogP contribution in [0.2, 0.25) is 0 Å². The summed E-state index contributed by atoms with van der Waals surface area (Å²) in [5, 5.41) is 16.2. The van der Waals surface area contributed by atoms with E-state index in [0.29, 0.717) is 12.4 Å². The van der Waals surface area contributed by atoms with E-state index in [1.165, 1.54) is 4.90 Å². The molecule has 4 atom stereocenters. The first-order valence-electron chi connectivity index (χ1n) is 14.7. The molecular formula is C36H34N2O5. The molecule has 2 N–H and O–H groups in total. The summed E-state index contributed by atoms with van der Waals surface area (Å²) in [4.78, 5) is 42.5. The Morgan fingerprint density at radius 2 is 1.65 bits per heavy atom. The molecule has 6 rings (SSSR count). The SMILES string of the molecule is CCCOc1ccc(C2NC(Cc3ccc4ccccc4c3)(C(=O)O)C3C(=O)N(C/C=C\c4ccccc4)C(=O)C23)cc1. The third-order valence-electron chi connectivity index (χ3n) is 8.53. The van der Waals surface area contributed by atoms with Crippen molar-refractivity contribution in [2.45, 2.75) is 31.3 Å². The molecule has 0 saturated carbocycles. The maximum absolute atomic E-state index is 14.1. The molecule has 4 aromatic rings. The van der Waals surface area contributed by atoms with Crippen molar-refractivity contribution in [1.82, 2.24) is 10.2 Å². The Bertz CT molecular complexity index is 1680. The van der Waals surface area contributed by atoms with E-state index in [1.807, 2.05) is 110 Å². The predicted octanol–water partition coefficient (Wildman–Crippen LogP) is 5.65. The fourth-order valence-corrected chi connectivity index (χ4v) is 6.48. The Morgan fingerprint density at radius 1 is 0.930 bits per heavy atom.